The number of hydrogen-bond acceptors (Lipinski definition) is 3. The van der Waals surface area contributed by atoms with Crippen molar-refractivity contribution in [2.24, 2.45) is 11.8 Å². The topological polar surface area (TPSA) is 35.5 Å². The van der Waals surface area contributed by atoms with Crippen molar-refractivity contribution >= 4 is 11.5 Å². The van der Waals surface area contributed by atoms with Crippen molar-refractivity contribution in [3.8, 4) is 0 Å². The third kappa shape index (κ3) is 2.17. The highest BCUT2D eigenvalue weighted by molar-refractivity contribution is 6.20. The summed E-state index contributed by atoms with van der Waals surface area (Å²) < 4.78 is 12.3. The van der Waals surface area contributed by atoms with Gasteiger partial charge in [0.05, 0.1) is 11.7 Å². The number of rotatable bonds is 2. The van der Waals surface area contributed by atoms with Crippen LogP contribution in [-0.4, -0.2) is 24.3 Å². The van der Waals surface area contributed by atoms with Gasteiger partial charge < -0.3 is 9.47 Å². The molecule has 1 aromatic carbocycles. The predicted octanol–water partition coefficient (Wildman–Crippen LogP) is 3.73. The minimum Gasteiger partial charge on any atom is -0.451 e. The fourth-order valence-electron chi connectivity index (χ4n) is 4.70. The SMILES string of the molecule is O=C1O[C@@H]2C(=C1c1ccccc1)C1CCCCC1O[C@H]2C1CC1. The normalized spacial score (nSPS) is 36.4. The Labute approximate surface area is 136 Å². The van der Waals surface area contributed by atoms with E-state index in [0.29, 0.717) is 11.8 Å². The summed E-state index contributed by atoms with van der Waals surface area (Å²) in [7, 11) is 0. The van der Waals surface area contributed by atoms with Gasteiger partial charge in [0.25, 0.3) is 0 Å². The van der Waals surface area contributed by atoms with Gasteiger partial charge in [-0.2, -0.15) is 0 Å². The molecule has 120 valence electrons. The van der Waals surface area contributed by atoms with Crippen molar-refractivity contribution in [2.45, 2.75) is 56.8 Å². The molecule has 4 atom stereocenters. The Balaban J connectivity index is 1.64. The van der Waals surface area contributed by atoms with Crippen molar-refractivity contribution in [1.82, 2.24) is 0 Å². The van der Waals surface area contributed by atoms with Gasteiger partial charge in [0.15, 0.2) is 6.10 Å². The Kier molecular flexibility index (Phi) is 3.12. The zero-order valence-electron chi connectivity index (χ0n) is 13.2. The standard InChI is InChI=1S/C20H22O3/c21-20-16(12-6-2-1-3-7-12)17-14-8-4-5-9-15(14)22-18(13-10-11-13)19(17)23-20/h1-3,6-7,13-15,18-19H,4-5,8-11H2/t14?,15?,18-,19+/m0/s1. The number of fused-ring (bicyclic) bond motifs is 3. The molecule has 2 heterocycles. The molecule has 23 heavy (non-hydrogen) atoms. The van der Waals surface area contributed by atoms with Gasteiger partial charge in [-0.15, -0.1) is 0 Å². The highest BCUT2D eigenvalue weighted by Gasteiger charge is 2.54. The second-order valence-electron chi connectivity index (χ2n) is 7.39. The molecule has 2 unspecified atom stereocenters. The zero-order valence-corrected chi connectivity index (χ0v) is 13.2. The molecule has 0 spiro atoms. The first-order valence-corrected chi connectivity index (χ1v) is 8.99. The molecular weight excluding hydrogens is 288 g/mol. The second-order valence-corrected chi connectivity index (χ2v) is 7.39. The van der Waals surface area contributed by atoms with E-state index < -0.39 is 0 Å². The minimum atomic E-state index is -0.142. The highest BCUT2D eigenvalue weighted by atomic mass is 16.6. The average Bonchev–Trinajstić information content (AvgIpc) is 3.37. The van der Waals surface area contributed by atoms with E-state index in [1.807, 2.05) is 30.3 Å². The quantitative estimate of drug-likeness (QED) is 0.781. The zero-order chi connectivity index (χ0) is 15.4. The fourth-order valence-corrected chi connectivity index (χ4v) is 4.70. The van der Waals surface area contributed by atoms with Gasteiger partial charge in [0.1, 0.15) is 6.10 Å². The molecule has 1 aromatic rings. The molecule has 2 aliphatic heterocycles. The van der Waals surface area contributed by atoms with E-state index in [1.165, 1.54) is 31.3 Å². The summed E-state index contributed by atoms with van der Waals surface area (Å²) in [5.74, 6) is 0.808. The number of hydrogen-bond donors (Lipinski definition) is 0. The first-order valence-electron chi connectivity index (χ1n) is 8.99. The Hall–Kier alpha value is -1.61. The van der Waals surface area contributed by atoms with E-state index in [0.717, 1.165) is 24.0 Å². The number of esters is 1. The lowest BCUT2D eigenvalue weighted by Gasteiger charge is -2.43. The van der Waals surface area contributed by atoms with Crippen LogP contribution in [0.2, 0.25) is 0 Å². The van der Waals surface area contributed by atoms with Crippen molar-refractivity contribution in [3.05, 3.63) is 41.5 Å². The van der Waals surface area contributed by atoms with Gasteiger partial charge in [0.2, 0.25) is 0 Å². The molecule has 3 heteroatoms. The average molecular weight is 310 g/mol. The van der Waals surface area contributed by atoms with Crippen LogP contribution >= 0.6 is 0 Å². The smallest absolute Gasteiger partial charge is 0.339 e. The Bertz CT molecular complexity index is 659. The molecule has 0 N–H and O–H groups in total. The Morgan fingerprint density at radius 1 is 0.957 bits per heavy atom. The van der Waals surface area contributed by atoms with Crippen molar-refractivity contribution in [2.75, 3.05) is 0 Å². The van der Waals surface area contributed by atoms with E-state index in [4.69, 9.17) is 9.47 Å². The van der Waals surface area contributed by atoms with Gasteiger partial charge in [-0.3, -0.25) is 0 Å². The maximum Gasteiger partial charge on any atom is 0.339 e. The molecule has 0 radical (unpaired) electrons. The first kappa shape index (κ1) is 13.8. The van der Waals surface area contributed by atoms with E-state index in [2.05, 4.69) is 0 Å². The van der Waals surface area contributed by atoms with Crippen LogP contribution < -0.4 is 0 Å². The van der Waals surface area contributed by atoms with Crippen LogP contribution in [0.25, 0.3) is 5.57 Å². The Morgan fingerprint density at radius 3 is 2.52 bits per heavy atom. The third-order valence-corrected chi connectivity index (χ3v) is 5.91. The monoisotopic (exact) mass is 310 g/mol. The van der Waals surface area contributed by atoms with Crippen LogP contribution in [0.5, 0.6) is 0 Å². The molecule has 0 bridgehead atoms. The summed E-state index contributed by atoms with van der Waals surface area (Å²) in [6.07, 6.45) is 7.39. The molecule has 1 saturated heterocycles. The lowest BCUT2D eigenvalue weighted by molar-refractivity contribution is -0.162. The van der Waals surface area contributed by atoms with E-state index in [1.54, 1.807) is 0 Å². The summed E-state index contributed by atoms with van der Waals surface area (Å²) in [4.78, 5) is 12.7. The van der Waals surface area contributed by atoms with E-state index in [-0.39, 0.29) is 24.3 Å². The van der Waals surface area contributed by atoms with Crippen molar-refractivity contribution in [1.29, 1.82) is 0 Å². The maximum absolute atomic E-state index is 12.7. The number of carbonyl (C=O) groups excluding carboxylic acids is 1. The molecule has 0 aromatic heterocycles. The van der Waals surface area contributed by atoms with E-state index in [9.17, 15) is 4.79 Å². The Morgan fingerprint density at radius 2 is 1.74 bits per heavy atom. The van der Waals surface area contributed by atoms with Crippen LogP contribution in [-0.2, 0) is 14.3 Å². The van der Waals surface area contributed by atoms with Gasteiger partial charge in [-0.25, -0.2) is 4.79 Å². The highest BCUT2D eigenvalue weighted by Crippen LogP contribution is 2.51. The molecule has 2 aliphatic carbocycles. The third-order valence-electron chi connectivity index (χ3n) is 5.91. The molecular formula is C20H22O3. The summed E-state index contributed by atoms with van der Waals surface area (Å²) in [6, 6.07) is 10.1. The molecule has 0 amide bonds. The van der Waals surface area contributed by atoms with Gasteiger partial charge in [-0.05, 0) is 42.7 Å². The number of ether oxygens (including phenoxy) is 2. The van der Waals surface area contributed by atoms with Crippen LogP contribution in [0, 0.1) is 11.8 Å². The lowest BCUT2D eigenvalue weighted by atomic mass is 9.74. The van der Waals surface area contributed by atoms with Gasteiger partial charge in [0, 0.05) is 5.92 Å². The van der Waals surface area contributed by atoms with Crippen LogP contribution in [0.15, 0.2) is 35.9 Å². The molecule has 3 nitrogen and oxygen atoms in total. The number of benzene rings is 1. The summed E-state index contributed by atoms with van der Waals surface area (Å²) in [5, 5.41) is 0. The lowest BCUT2D eigenvalue weighted by Crippen LogP contribution is -2.48. The summed E-state index contributed by atoms with van der Waals surface area (Å²) >= 11 is 0. The molecule has 2 saturated carbocycles. The largest absolute Gasteiger partial charge is 0.451 e. The summed E-state index contributed by atoms with van der Waals surface area (Å²) in [5.41, 5.74) is 3.10. The predicted molar refractivity (Wildman–Crippen MR) is 86.6 cm³/mol. The molecule has 3 fully saturated rings. The number of carbonyl (C=O) groups is 1. The molecule has 4 aliphatic rings. The maximum atomic E-state index is 12.7. The summed E-state index contributed by atoms with van der Waals surface area (Å²) in [6.45, 7) is 0. The first-order chi connectivity index (χ1) is 11.3. The second kappa shape index (κ2) is 5.20. The van der Waals surface area contributed by atoms with E-state index >= 15 is 0 Å². The van der Waals surface area contributed by atoms with Crippen molar-refractivity contribution < 1.29 is 14.3 Å². The van der Waals surface area contributed by atoms with Crippen LogP contribution in [0.1, 0.15) is 44.1 Å². The van der Waals surface area contributed by atoms with Gasteiger partial charge in [-0.1, -0.05) is 43.2 Å². The van der Waals surface area contributed by atoms with Crippen LogP contribution in [0.3, 0.4) is 0 Å². The van der Waals surface area contributed by atoms with Crippen LogP contribution in [0.4, 0.5) is 0 Å². The fraction of sp³-hybridized carbons (Fsp3) is 0.550. The van der Waals surface area contributed by atoms with Gasteiger partial charge >= 0.3 is 5.97 Å². The van der Waals surface area contributed by atoms with Crippen molar-refractivity contribution in [3.63, 3.8) is 0 Å². The minimum absolute atomic E-state index is 0.0921. The molecule has 5 rings (SSSR count).